The zero-order valence-corrected chi connectivity index (χ0v) is 14.6. The van der Waals surface area contributed by atoms with Crippen molar-refractivity contribution in [1.82, 2.24) is 0 Å². The lowest BCUT2D eigenvalue weighted by Gasteiger charge is -2.16. The number of rotatable bonds is 5. The minimum atomic E-state index is -3.52. The molecule has 0 saturated heterocycles. The topological polar surface area (TPSA) is 58.2 Å². The number of halogens is 2. The number of benzene rings is 1. The minimum Gasteiger partial charge on any atom is -0.378 e. The Morgan fingerprint density at radius 3 is 2.62 bits per heavy atom. The van der Waals surface area contributed by atoms with Gasteiger partial charge in [-0.1, -0.05) is 0 Å². The van der Waals surface area contributed by atoms with E-state index in [1.165, 1.54) is 12.1 Å². The molecule has 1 aromatic carbocycles. The van der Waals surface area contributed by atoms with Gasteiger partial charge < -0.3 is 5.32 Å². The molecular weight excluding hydrogens is 379 g/mol. The summed E-state index contributed by atoms with van der Waals surface area (Å²) in [6.07, 6.45) is 0.984. The fourth-order valence-electron chi connectivity index (χ4n) is 1.82. The van der Waals surface area contributed by atoms with Crippen LogP contribution in [0.15, 0.2) is 34.1 Å². The van der Waals surface area contributed by atoms with Gasteiger partial charge in [0, 0.05) is 15.0 Å². The molecule has 2 N–H and O–H groups in total. The molecule has 1 aromatic heterocycles. The number of anilines is 2. The second kappa shape index (κ2) is 6.33. The van der Waals surface area contributed by atoms with Gasteiger partial charge in [-0.3, -0.25) is 4.72 Å². The van der Waals surface area contributed by atoms with Crippen LogP contribution in [0, 0.1) is 5.82 Å². The Labute approximate surface area is 135 Å². The Morgan fingerprint density at radius 1 is 1.33 bits per heavy atom. The first-order chi connectivity index (χ1) is 9.76. The first-order valence-corrected chi connectivity index (χ1v) is 9.59. The second-order valence-electron chi connectivity index (χ2n) is 4.57. The Hall–Kier alpha value is -1.12. The maximum absolute atomic E-state index is 13.6. The molecule has 2 aromatic rings. The van der Waals surface area contributed by atoms with E-state index in [1.54, 1.807) is 17.4 Å². The van der Waals surface area contributed by atoms with Crippen molar-refractivity contribution in [2.45, 2.75) is 13.0 Å². The normalized spacial score (nSPS) is 13.0. The lowest BCUT2D eigenvalue weighted by molar-refractivity contribution is 0.604. The van der Waals surface area contributed by atoms with Crippen molar-refractivity contribution in [2.75, 3.05) is 16.3 Å². The summed E-state index contributed by atoms with van der Waals surface area (Å²) in [5, 5.41) is 5.19. The van der Waals surface area contributed by atoms with Crippen molar-refractivity contribution in [3.8, 4) is 0 Å². The lowest BCUT2D eigenvalue weighted by Crippen LogP contribution is -2.12. The van der Waals surface area contributed by atoms with Crippen LogP contribution in [0.25, 0.3) is 0 Å². The standard InChI is InChI=1S/C13H14BrFN2O2S2/c1-8(13-10(14)5-6-20-13)16-9-3-4-11(15)12(7-9)17-21(2,18)19/h3-8,16-17H,1-2H3. The summed E-state index contributed by atoms with van der Waals surface area (Å²) in [5.41, 5.74) is 0.565. The highest BCUT2D eigenvalue weighted by molar-refractivity contribution is 9.10. The Kier molecular flexibility index (Phi) is 4.90. The molecule has 114 valence electrons. The fraction of sp³-hybridized carbons (Fsp3) is 0.231. The Balaban J connectivity index is 2.21. The van der Waals surface area contributed by atoms with Crippen LogP contribution in [0.1, 0.15) is 17.8 Å². The average molecular weight is 393 g/mol. The summed E-state index contributed by atoms with van der Waals surface area (Å²) in [6.45, 7) is 1.98. The first kappa shape index (κ1) is 16.3. The largest absolute Gasteiger partial charge is 0.378 e. The van der Waals surface area contributed by atoms with Crippen LogP contribution in [-0.2, 0) is 10.0 Å². The maximum atomic E-state index is 13.6. The monoisotopic (exact) mass is 392 g/mol. The van der Waals surface area contributed by atoms with E-state index >= 15 is 0 Å². The number of thiophene rings is 1. The molecule has 0 aliphatic rings. The van der Waals surface area contributed by atoms with E-state index in [9.17, 15) is 12.8 Å². The predicted octanol–water partition coefficient (Wildman–Crippen LogP) is 4.19. The summed E-state index contributed by atoms with van der Waals surface area (Å²) in [5.74, 6) is -0.615. The van der Waals surface area contributed by atoms with E-state index in [-0.39, 0.29) is 11.7 Å². The molecule has 0 aliphatic carbocycles. The van der Waals surface area contributed by atoms with Crippen molar-refractivity contribution < 1.29 is 12.8 Å². The molecule has 0 aliphatic heterocycles. The molecule has 1 heterocycles. The van der Waals surface area contributed by atoms with Crippen LogP contribution in [0.5, 0.6) is 0 Å². The van der Waals surface area contributed by atoms with Crippen LogP contribution in [0.2, 0.25) is 0 Å². The van der Waals surface area contributed by atoms with Gasteiger partial charge in [-0.25, -0.2) is 12.8 Å². The molecule has 1 unspecified atom stereocenters. The first-order valence-electron chi connectivity index (χ1n) is 6.03. The van der Waals surface area contributed by atoms with Crippen LogP contribution >= 0.6 is 27.3 Å². The van der Waals surface area contributed by atoms with Crippen molar-refractivity contribution >= 4 is 48.7 Å². The molecule has 0 bridgehead atoms. The quantitative estimate of drug-likeness (QED) is 0.801. The van der Waals surface area contributed by atoms with Crippen LogP contribution in [-0.4, -0.2) is 14.7 Å². The van der Waals surface area contributed by atoms with Gasteiger partial charge in [0.2, 0.25) is 10.0 Å². The van der Waals surface area contributed by atoms with Gasteiger partial charge in [0.05, 0.1) is 18.0 Å². The summed E-state index contributed by atoms with van der Waals surface area (Å²) >= 11 is 5.06. The summed E-state index contributed by atoms with van der Waals surface area (Å²) in [4.78, 5) is 1.11. The lowest BCUT2D eigenvalue weighted by atomic mass is 10.2. The number of nitrogens with one attached hydrogen (secondary N) is 2. The van der Waals surface area contributed by atoms with Gasteiger partial charge in [0.15, 0.2) is 0 Å². The molecule has 0 spiro atoms. The third-order valence-corrected chi connectivity index (χ3v) is 5.33. The molecule has 1 atom stereocenters. The zero-order valence-electron chi connectivity index (χ0n) is 11.4. The van der Waals surface area contributed by atoms with Crippen molar-refractivity contribution in [2.24, 2.45) is 0 Å². The second-order valence-corrected chi connectivity index (χ2v) is 8.12. The number of hydrogen-bond acceptors (Lipinski definition) is 4. The molecule has 4 nitrogen and oxygen atoms in total. The molecule has 2 rings (SSSR count). The highest BCUT2D eigenvalue weighted by atomic mass is 79.9. The number of sulfonamides is 1. The zero-order chi connectivity index (χ0) is 15.6. The average Bonchev–Trinajstić information content (AvgIpc) is 2.78. The van der Waals surface area contributed by atoms with Crippen LogP contribution in [0.4, 0.5) is 15.8 Å². The summed E-state index contributed by atoms with van der Waals surface area (Å²) < 4.78 is 39.2. The Morgan fingerprint density at radius 2 is 2.05 bits per heavy atom. The van der Waals surface area contributed by atoms with Crippen LogP contribution < -0.4 is 10.0 Å². The van der Waals surface area contributed by atoms with Gasteiger partial charge in [0.1, 0.15) is 5.82 Å². The molecule has 0 saturated carbocycles. The third-order valence-electron chi connectivity index (χ3n) is 2.68. The van der Waals surface area contributed by atoms with Gasteiger partial charge in [-0.2, -0.15) is 0 Å². The van der Waals surface area contributed by atoms with Gasteiger partial charge >= 0.3 is 0 Å². The molecule has 8 heteroatoms. The SMILES string of the molecule is CC(Nc1ccc(F)c(NS(C)(=O)=O)c1)c1sccc1Br. The smallest absolute Gasteiger partial charge is 0.229 e. The van der Waals surface area contributed by atoms with E-state index in [0.717, 1.165) is 15.6 Å². The molecule has 21 heavy (non-hydrogen) atoms. The van der Waals surface area contributed by atoms with E-state index in [1.807, 2.05) is 18.4 Å². The van der Waals surface area contributed by atoms with E-state index in [2.05, 4.69) is 26.0 Å². The molecular formula is C13H14BrFN2O2S2. The highest BCUT2D eigenvalue weighted by Crippen LogP contribution is 2.31. The van der Waals surface area contributed by atoms with Gasteiger partial charge in [-0.15, -0.1) is 11.3 Å². The van der Waals surface area contributed by atoms with Crippen molar-refractivity contribution in [3.63, 3.8) is 0 Å². The third kappa shape index (κ3) is 4.42. The van der Waals surface area contributed by atoms with Crippen molar-refractivity contribution in [3.05, 3.63) is 44.8 Å². The van der Waals surface area contributed by atoms with Gasteiger partial charge in [-0.05, 0) is 52.5 Å². The summed E-state index contributed by atoms with van der Waals surface area (Å²) in [6, 6.07) is 6.21. The minimum absolute atomic E-state index is 0.0101. The molecule has 0 fully saturated rings. The Bertz CT molecular complexity index is 746. The van der Waals surface area contributed by atoms with E-state index in [0.29, 0.717) is 5.69 Å². The van der Waals surface area contributed by atoms with Crippen LogP contribution in [0.3, 0.4) is 0 Å². The maximum Gasteiger partial charge on any atom is 0.229 e. The van der Waals surface area contributed by atoms with E-state index in [4.69, 9.17) is 0 Å². The summed E-state index contributed by atoms with van der Waals surface area (Å²) in [7, 11) is -3.52. The molecule has 0 amide bonds. The van der Waals surface area contributed by atoms with Gasteiger partial charge in [0.25, 0.3) is 0 Å². The fourth-order valence-corrected chi connectivity index (χ4v) is 4.10. The van der Waals surface area contributed by atoms with Crippen molar-refractivity contribution in [1.29, 1.82) is 0 Å². The molecule has 0 radical (unpaired) electrons. The highest BCUT2D eigenvalue weighted by Gasteiger charge is 2.13. The predicted molar refractivity (Wildman–Crippen MR) is 88.9 cm³/mol. The number of hydrogen-bond donors (Lipinski definition) is 2. The van der Waals surface area contributed by atoms with E-state index < -0.39 is 15.8 Å².